The largest absolute Gasteiger partial charge is 0.480 e. The van der Waals surface area contributed by atoms with E-state index in [9.17, 15) is 22.8 Å². The Morgan fingerprint density at radius 1 is 1.06 bits per heavy atom. The molecule has 196 valence electrons. The molecule has 0 aliphatic carbocycles. The van der Waals surface area contributed by atoms with E-state index in [4.69, 9.17) is 9.84 Å². The van der Waals surface area contributed by atoms with Crippen LogP contribution in [0.3, 0.4) is 0 Å². The molecule has 0 aliphatic heterocycles. The fourth-order valence-corrected chi connectivity index (χ4v) is 4.06. The Bertz CT molecular complexity index is 986. The summed E-state index contributed by atoms with van der Waals surface area (Å²) in [5, 5.41) is 8.90. The molecule has 1 rings (SSSR count). The number of carbonyl (C=O) groups is 3. The molecule has 1 aromatic carbocycles. The zero-order valence-corrected chi connectivity index (χ0v) is 21.9. The summed E-state index contributed by atoms with van der Waals surface area (Å²) in [6.07, 6.45) is 4.09. The average Bonchev–Trinajstić information content (AvgIpc) is 2.72. The molecule has 0 aromatic heterocycles. The van der Waals surface area contributed by atoms with Crippen LogP contribution in [0.5, 0.6) is 0 Å². The molecule has 0 saturated heterocycles. The maximum Gasteiger partial charge on any atom is 0.321 e. The maximum atomic E-state index is 13.1. The summed E-state index contributed by atoms with van der Waals surface area (Å²) < 4.78 is 31.7. The molecule has 10 nitrogen and oxygen atoms in total. The van der Waals surface area contributed by atoms with Gasteiger partial charge in [-0.25, -0.2) is 0 Å². The molecule has 1 aromatic rings. The second-order valence-electron chi connectivity index (χ2n) is 9.70. The van der Waals surface area contributed by atoms with Crippen molar-refractivity contribution in [2.24, 2.45) is 17.8 Å². The smallest absolute Gasteiger partial charge is 0.321 e. The zero-order chi connectivity index (χ0) is 26.8. The Morgan fingerprint density at radius 2 is 1.66 bits per heavy atom. The van der Waals surface area contributed by atoms with Gasteiger partial charge in [0.15, 0.2) is 0 Å². The highest BCUT2D eigenvalue weighted by atomic mass is 32.2. The molecule has 1 amide bonds. The predicted molar refractivity (Wildman–Crippen MR) is 133 cm³/mol. The summed E-state index contributed by atoms with van der Waals surface area (Å²) in [6, 6.07) is 8.04. The van der Waals surface area contributed by atoms with Gasteiger partial charge in [0.25, 0.3) is 10.2 Å². The highest BCUT2D eigenvalue weighted by Crippen LogP contribution is 2.28. The second kappa shape index (κ2) is 13.4. The summed E-state index contributed by atoms with van der Waals surface area (Å²) in [5.41, 5.74) is 2.26. The minimum atomic E-state index is -4.35. The SMILES string of the molecule is CC(C)C[C@@H](C(=O)NNS(=O)(=O)NC(C)C(=O)O)[C@H](C/C=C/c1ccccc1)C(=O)OC(C)(C)C. The second-order valence-corrected chi connectivity index (χ2v) is 11.1. The highest BCUT2D eigenvalue weighted by molar-refractivity contribution is 7.87. The van der Waals surface area contributed by atoms with Crippen LogP contribution in [-0.2, 0) is 29.3 Å². The van der Waals surface area contributed by atoms with Gasteiger partial charge in [-0.05, 0) is 52.0 Å². The molecule has 0 spiro atoms. The predicted octanol–water partition coefficient (Wildman–Crippen LogP) is 2.64. The number of hydrogen-bond acceptors (Lipinski definition) is 6. The Labute approximate surface area is 207 Å². The van der Waals surface area contributed by atoms with Crippen molar-refractivity contribution in [1.29, 1.82) is 0 Å². The van der Waals surface area contributed by atoms with Gasteiger partial charge >= 0.3 is 11.9 Å². The lowest BCUT2D eigenvalue weighted by molar-refractivity contribution is -0.164. The van der Waals surface area contributed by atoms with Crippen LogP contribution in [0.15, 0.2) is 36.4 Å². The first-order chi connectivity index (χ1) is 16.1. The molecule has 1 unspecified atom stereocenters. The monoisotopic (exact) mass is 511 g/mol. The van der Waals surface area contributed by atoms with E-state index in [0.717, 1.165) is 12.5 Å². The standard InChI is InChI=1S/C24H37N3O7S/c1-16(2)15-20(21(28)25-27-35(32,33)26-17(3)22(29)30)19(23(31)34-24(4,5)6)14-10-13-18-11-8-7-9-12-18/h7-13,16-17,19-20,26-27H,14-15H2,1-6H3,(H,25,28)(H,29,30)/b13-10+/t17?,19-,20+/m0/s1. The molecule has 0 heterocycles. The first-order valence-corrected chi connectivity index (χ1v) is 12.9. The Hall–Kier alpha value is -2.76. The molecule has 0 saturated carbocycles. The third kappa shape index (κ3) is 12.0. The normalized spacial score (nSPS) is 14.9. The fraction of sp³-hybridized carbons (Fsp3) is 0.542. The van der Waals surface area contributed by atoms with Gasteiger partial charge < -0.3 is 9.84 Å². The fourth-order valence-electron chi connectivity index (χ4n) is 3.20. The Kier molecular flexibility index (Phi) is 11.6. The van der Waals surface area contributed by atoms with E-state index in [1.807, 2.05) is 59.8 Å². The topological polar surface area (TPSA) is 151 Å². The van der Waals surface area contributed by atoms with Gasteiger partial charge in [0.05, 0.1) is 11.8 Å². The van der Waals surface area contributed by atoms with Crippen molar-refractivity contribution >= 4 is 34.1 Å². The summed E-state index contributed by atoms with van der Waals surface area (Å²) in [5.74, 6) is -4.46. The molecular formula is C24H37N3O7S. The number of benzene rings is 1. The number of carboxylic acid groups (broad SMARTS) is 1. The number of rotatable bonds is 13. The van der Waals surface area contributed by atoms with Crippen molar-refractivity contribution < 1.29 is 32.6 Å². The van der Waals surface area contributed by atoms with E-state index in [-0.39, 0.29) is 18.8 Å². The lowest BCUT2D eigenvalue weighted by atomic mass is 9.82. The first kappa shape index (κ1) is 30.3. The Balaban J connectivity index is 3.14. The molecule has 0 radical (unpaired) electrons. The number of aliphatic carboxylic acids is 1. The van der Waals surface area contributed by atoms with Crippen molar-refractivity contribution in [3.63, 3.8) is 0 Å². The van der Waals surface area contributed by atoms with Gasteiger partial charge in [-0.15, -0.1) is 4.83 Å². The molecule has 11 heteroatoms. The highest BCUT2D eigenvalue weighted by Gasteiger charge is 2.36. The summed E-state index contributed by atoms with van der Waals surface area (Å²) in [4.78, 5) is 38.9. The van der Waals surface area contributed by atoms with Crippen LogP contribution in [0, 0.1) is 17.8 Å². The van der Waals surface area contributed by atoms with Crippen LogP contribution in [0.2, 0.25) is 0 Å². The maximum absolute atomic E-state index is 13.1. The average molecular weight is 512 g/mol. The van der Waals surface area contributed by atoms with Gasteiger partial charge in [-0.3, -0.25) is 19.8 Å². The van der Waals surface area contributed by atoms with Crippen molar-refractivity contribution in [2.45, 2.75) is 66.0 Å². The van der Waals surface area contributed by atoms with E-state index in [1.54, 1.807) is 26.8 Å². The van der Waals surface area contributed by atoms with Gasteiger partial charge in [-0.1, -0.05) is 56.3 Å². The van der Waals surface area contributed by atoms with Crippen LogP contribution < -0.4 is 15.0 Å². The third-order valence-electron chi connectivity index (χ3n) is 4.77. The minimum absolute atomic E-state index is 0.00977. The summed E-state index contributed by atoms with van der Waals surface area (Å²) in [7, 11) is -4.35. The molecule has 3 atom stereocenters. The van der Waals surface area contributed by atoms with Crippen LogP contribution in [-0.4, -0.2) is 43.0 Å². The van der Waals surface area contributed by atoms with Crippen LogP contribution >= 0.6 is 0 Å². The van der Waals surface area contributed by atoms with Crippen molar-refractivity contribution in [3.8, 4) is 0 Å². The van der Waals surface area contributed by atoms with Crippen LogP contribution in [0.1, 0.15) is 59.9 Å². The quantitative estimate of drug-likeness (QED) is 0.235. The van der Waals surface area contributed by atoms with E-state index < -0.39 is 51.5 Å². The van der Waals surface area contributed by atoms with Gasteiger partial charge in [0.1, 0.15) is 11.6 Å². The number of allylic oxidation sites excluding steroid dienone is 1. The number of hydrogen-bond donors (Lipinski definition) is 4. The lowest BCUT2D eigenvalue weighted by Gasteiger charge is -2.29. The number of nitrogens with one attached hydrogen (secondary N) is 3. The zero-order valence-electron chi connectivity index (χ0n) is 21.1. The number of amides is 1. The summed E-state index contributed by atoms with van der Waals surface area (Å²) >= 11 is 0. The number of esters is 1. The van der Waals surface area contributed by atoms with Gasteiger partial charge in [-0.2, -0.15) is 13.1 Å². The minimum Gasteiger partial charge on any atom is -0.480 e. The first-order valence-electron chi connectivity index (χ1n) is 11.4. The lowest BCUT2D eigenvalue weighted by Crippen LogP contribution is -2.53. The third-order valence-corrected chi connectivity index (χ3v) is 5.80. The number of carbonyl (C=O) groups excluding carboxylic acids is 2. The number of hydrazine groups is 1. The van der Waals surface area contributed by atoms with Crippen molar-refractivity contribution in [1.82, 2.24) is 15.0 Å². The molecule has 4 N–H and O–H groups in total. The molecule has 0 aliphatic rings. The van der Waals surface area contributed by atoms with Crippen molar-refractivity contribution in [2.75, 3.05) is 0 Å². The van der Waals surface area contributed by atoms with Crippen LogP contribution in [0.4, 0.5) is 0 Å². The van der Waals surface area contributed by atoms with Crippen molar-refractivity contribution in [3.05, 3.63) is 42.0 Å². The molecular weight excluding hydrogens is 474 g/mol. The van der Waals surface area contributed by atoms with E-state index in [0.29, 0.717) is 0 Å². The Morgan fingerprint density at radius 3 is 2.17 bits per heavy atom. The van der Waals surface area contributed by atoms with Gasteiger partial charge in [0.2, 0.25) is 5.91 Å². The number of ether oxygens (including phenoxy) is 1. The van der Waals surface area contributed by atoms with Crippen LogP contribution in [0.25, 0.3) is 6.08 Å². The molecule has 35 heavy (non-hydrogen) atoms. The molecule has 0 bridgehead atoms. The summed E-state index contributed by atoms with van der Waals surface area (Å²) in [6.45, 7) is 10.1. The van der Waals surface area contributed by atoms with E-state index in [2.05, 4.69) is 5.43 Å². The van der Waals surface area contributed by atoms with E-state index in [1.165, 1.54) is 0 Å². The van der Waals surface area contributed by atoms with Gasteiger partial charge in [0, 0.05) is 0 Å². The van der Waals surface area contributed by atoms with E-state index >= 15 is 0 Å². The molecule has 0 fully saturated rings. The number of carboxylic acids is 1.